The Labute approximate surface area is 203 Å². The first-order valence-electron chi connectivity index (χ1n) is 9.60. The van der Waals surface area contributed by atoms with Gasteiger partial charge in [-0.3, -0.25) is 14.9 Å². The molecule has 1 aromatic carbocycles. The van der Waals surface area contributed by atoms with Crippen LogP contribution in [0.3, 0.4) is 0 Å². The molecule has 5 rings (SSSR count). The maximum absolute atomic E-state index is 12.4. The summed E-state index contributed by atoms with van der Waals surface area (Å²) < 4.78 is 21.6. The molecule has 0 saturated carbocycles. The average Bonchev–Trinajstić information content (AvgIpc) is 3.60. The number of hydrogen-bond acceptors (Lipinski definition) is 12. The van der Waals surface area contributed by atoms with Gasteiger partial charge in [-0.2, -0.15) is 0 Å². The Morgan fingerprint density at radius 2 is 2.03 bits per heavy atom. The first kappa shape index (κ1) is 22.1. The average molecular weight is 516 g/mol. The van der Waals surface area contributed by atoms with Crippen LogP contribution in [0, 0.1) is 0 Å². The largest absolute Gasteiger partial charge is 0.464 e. The second kappa shape index (κ2) is 9.67. The zero-order valence-electron chi connectivity index (χ0n) is 17.0. The third-order valence-corrected chi connectivity index (χ3v) is 7.24. The van der Waals surface area contributed by atoms with Gasteiger partial charge in [0.25, 0.3) is 5.91 Å². The van der Waals surface area contributed by atoms with Crippen LogP contribution in [-0.4, -0.2) is 28.9 Å². The third-order valence-electron chi connectivity index (χ3n) is 4.37. The van der Waals surface area contributed by atoms with Gasteiger partial charge in [-0.15, -0.1) is 21.5 Å². The first-order chi connectivity index (χ1) is 16.5. The molecule has 3 aromatic heterocycles. The van der Waals surface area contributed by atoms with Gasteiger partial charge in [0, 0.05) is 6.07 Å². The zero-order valence-corrected chi connectivity index (χ0v) is 19.5. The van der Waals surface area contributed by atoms with E-state index in [9.17, 15) is 14.4 Å². The van der Waals surface area contributed by atoms with E-state index >= 15 is 0 Å². The van der Waals surface area contributed by atoms with Crippen molar-refractivity contribution in [3.8, 4) is 17.2 Å². The fourth-order valence-electron chi connectivity index (χ4n) is 2.79. The number of carbonyl (C=O) groups excluding carboxylic acids is 2. The Hall–Kier alpha value is -3.68. The van der Waals surface area contributed by atoms with E-state index in [0.29, 0.717) is 37.4 Å². The van der Waals surface area contributed by atoms with Crippen LogP contribution in [0.4, 0.5) is 5.13 Å². The molecule has 0 bridgehead atoms. The van der Waals surface area contributed by atoms with Crippen molar-refractivity contribution < 1.29 is 28.2 Å². The van der Waals surface area contributed by atoms with Crippen LogP contribution in [0.5, 0.6) is 17.2 Å². The molecule has 172 valence electrons. The summed E-state index contributed by atoms with van der Waals surface area (Å²) in [5, 5.41) is 12.8. The van der Waals surface area contributed by atoms with Gasteiger partial charge in [-0.05, 0) is 29.6 Å². The number of carbonyl (C=O) groups is 2. The molecule has 1 aliphatic rings. The molecule has 0 unspecified atom stereocenters. The minimum absolute atomic E-state index is 0.0824. The van der Waals surface area contributed by atoms with Gasteiger partial charge in [0.15, 0.2) is 15.8 Å². The molecule has 0 radical (unpaired) electrons. The van der Waals surface area contributed by atoms with Gasteiger partial charge in [0.05, 0.1) is 16.2 Å². The van der Waals surface area contributed by atoms with E-state index in [0.717, 1.165) is 6.26 Å². The van der Waals surface area contributed by atoms with E-state index in [1.54, 1.807) is 18.2 Å². The summed E-state index contributed by atoms with van der Waals surface area (Å²) >= 11 is 3.82. The van der Waals surface area contributed by atoms with E-state index in [1.807, 2.05) is 5.38 Å². The highest BCUT2D eigenvalue weighted by atomic mass is 32.2. The lowest BCUT2D eigenvalue weighted by atomic mass is 10.2. The van der Waals surface area contributed by atoms with E-state index in [-0.39, 0.29) is 24.0 Å². The second-order valence-corrected chi connectivity index (χ2v) is 9.77. The second-order valence-electron chi connectivity index (χ2n) is 6.63. The SMILES string of the molecule is O=C(Oc1coc(CSc2nnc(NC(=O)c3cccs3)s2)cc1=O)c1ccc2c(c1)OCO2. The van der Waals surface area contributed by atoms with Crippen LogP contribution >= 0.6 is 34.4 Å². The number of thiophene rings is 1. The summed E-state index contributed by atoms with van der Waals surface area (Å²) in [7, 11) is 0. The lowest BCUT2D eigenvalue weighted by Gasteiger charge is -2.05. The van der Waals surface area contributed by atoms with E-state index in [4.69, 9.17) is 18.6 Å². The highest BCUT2D eigenvalue weighted by molar-refractivity contribution is 8.00. The van der Waals surface area contributed by atoms with Crippen LogP contribution in [-0.2, 0) is 5.75 Å². The predicted molar refractivity (Wildman–Crippen MR) is 124 cm³/mol. The number of hydrogen-bond donors (Lipinski definition) is 1. The van der Waals surface area contributed by atoms with Gasteiger partial charge >= 0.3 is 5.97 Å². The molecule has 0 spiro atoms. The van der Waals surface area contributed by atoms with Crippen molar-refractivity contribution in [3.63, 3.8) is 0 Å². The number of thioether (sulfide) groups is 1. The normalized spacial score (nSPS) is 11.9. The molecular formula is C21H13N3O7S3. The van der Waals surface area contributed by atoms with Crippen molar-refractivity contribution in [2.45, 2.75) is 10.1 Å². The zero-order chi connectivity index (χ0) is 23.5. The highest BCUT2D eigenvalue weighted by Crippen LogP contribution is 2.33. The van der Waals surface area contributed by atoms with Crippen LogP contribution in [0.2, 0.25) is 0 Å². The highest BCUT2D eigenvalue weighted by Gasteiger charge is 2.19. The van der Waals surface area contributed by atoms with Crippen molar-refractivity contribution in [1.82, 2.24) is 10.2 Å². The molecule has 34 heavy (non-hydrogen) atoms. The standard InChI is InChI=1S/C21H13N3O7S3/c25-13-7-12(9-33-21-24-23-20(34-21)22-18(26)17-2-1-5-32-17)28-8-16(13)31-19(27)11-3-4-14-15(6-11)30-10-29-14/h1-8H,9-10H2,(H,22,23,26). The quantitative estimate of drug-likeness (QED) is 0.219. The summed E-state index contributed by atoms with van der Waals surface area (Å²) in [6, 6.07) is 9.34. The van der Waals surface area contributed by atoms with Crippen molar-refractivity contribution in [3.05, 3.63) is 74.5 Å². The summed E-state index contributed by atoms with van der Waals surface area (Å²) in [5.41, 5.74) is -0.293. The molecule has 1 aliphatic heterocycles. The number of rotatable bonds is 7. The van der Waals surface area contributed by atoms with E-state index in [1.165, 1.54) is 52.6 Å². The number of nitrogens with one attached hydrogen (secondary N) is 1. The predicted octanol–water partition coefficient (Wildman–Crippen LogP) is 4.05. The monoisotopic (exact) mass is 515 g/mol. The van der Waals surface area contributed by atoms with Crippen molar-refractivity contribution in [2.24, 2.45) is 0 Å². The molecule has 0 aliphatic carbocycles. The number of ether oxygens (including phenoxy) is 3. The number of nitrogens with zero attached hydrogens (tertiary/aromatic N) is 2. The van der Waals surface area contributed by atoms with Crippen molar-refractivity contribution in [2.75, 3.05) is 12.1 Å². The van der Waals surface area contributed by atoms with Crippen LogP contribution in [0.1, 0.15) is 25.8 Å². The molecule has 10 nitrogen and oxygen atoms in total. The van der Waals surface area contributed by atoms with Crippen molar-refractivity contribution in [1.29, 1.82) is 0 Å². The molecule has 1 N–H and O–H groups in total. The van der Waals surface area contributed by atoms with Crippen LogP contribution < -0.4 is 25.0 Å². The van der Waals surface area contributed by atoms with Gasteiger partial charge in [0.2, 0.25) is 23.1 Å². The van der Waals surface area contributed by atoms with Crippen LogP contribution in [0.25, 0.3) is 0 Å². The van der Waals surface area contributed by atoms with Gasteiger partial charge in [0.1, 0.15) is 12.0 Å². The number of aromatic nitrogens is 2. The third kappa shape index (κ3) is 4.95. The van der Waals surface area contributed by atoms with E-state index < -0.39 is 11.4 Å². The Balaban J connectivity index is 1.17. The molecular weight excluding hydrogens is 502 g/mol. The summed E-state index contributed by atoms with van der Waals surface area (Å²) in [4.78, 5) is 37.4. The van der Waals surface area contributed by atoms with Gasteiger partial charge in [-0.25, -0.2) is 4.79 Å². The fourth-order valence-corrected chi connectivity index (χ4v) is 5.05. The number of benzene rings is 1. The smallest absolute Gasteiger partial charge is 0.343 e. The fraction of sp³-hybridized carbons (Fsp3) is 0.0952. The van der Waals surface area contributed by atoms with E-state index in [2.05, 4.69) is 15.5 Å². The molecule has 0 fully saturated rings. The lowest BCUT2D eigenvalue weighted by Crippen LogP contribution is -2.14. The molecule has 1 amide bonds. The molecule has 0 saturated heterocycles. The number of amides is 1. The Bertz CT molecular complexity index is 1420. The molecule has 4 aromatic rings. The molecule has 0 atom stereocenters. The number of fused-ring (bicyclic) bond motifs is 1. The Kier molecular flexibility index (Phi) is 6.29. The number of anilines is 1. The maximum Gasteiger partial charge on any atom is 0.343 e. The topological polar surface area (TPSA) is 130 Å². The van der Waals surface area contributed by atoms with Gasteiger partial charge in [-0.1, -0.05) is 29.2 Å². The molecule has 13 heteroatoms. The Morgan fingerprint density at radius 1 is 1.15 bits per heavy atom. The minimum atomic E-state index is -0.723. The van der Waals surface area contributed by atoms with Gasteiger partial charge < -0.3 is 18.6 Å². The minimum Gasteiger partial charge on any atom is -0.464 e. The summed E-state index contributed by atoms with van der Waals surface area (Å²) in [5.74, 6) is 0.408. The maximum atomic E-state index is 12.4. The summed E-state index contributed by atoms with van der Waals surface area (Å²) in [6.07, 6.45) is 1.09. The van der Waals surface area contributed by atoms with Crippen LogP contribution in [0.15, 0.2) is 61.6 Å². The Morgan fingerprint density at radius 3 is 2.85 bits per heavy atom. The summed E-state index contributed by atoms with van der Waals surface area (Å²) in [6.45, 7) is 0.0824. The lowest BCUT2D eigenvalue weighted by molar-refractivity contribution is 0.0728. The van der Waals surface area contributed by atoms with Crippen molar-refractivity contribution >= 4 is 51.4 Å². The molecule has 4 heterocycles. The first-order valence-corrected chi connectivity index (χ1v) is 12.3. The number of esters is 1.